The standard InChI is InChI=1S/C12H18N2/c1-9(10-3-4-10)14(2)12-7-5-11(13)6-8-12/h5-10H,3-4,13H2,1-2H3. The molecule has 1 aromatic carbocycles. The predicted octanol–water partition coefficient (Wildman–Crippen LogP) is 2.50. The zero-order valence-corrected chi connectivity index (χ0v) is 8.90. The number of rotatable bonds is 3. The minimum atomic E-state index is 0.652. The van der Waals surface area contributed by atoms with Crippen molar-refractivity contribution in [3.8, 4) is 0 Å². The lowest BCUT2D eigenvalue weighted by atomic mass is 10.1. The zero-order chi connectivity index (χ0) is 10.1. The first-order valence-electron chi connectivity index (χ1n) is 5.27. The van der Waals surface area contributed by atoms with Gasteiger partial charge in [0.25, 0.3) is 0 Å². The second kappa shape index (κ2) is 3.52. The van der Waals surface area contributed by atoms with Crippen LogP contribution < -0.4 is 10.6 Å². The topological polar surface area (TPSA) is 29.3 Å². The van der Waals surface area contributed by atoms with E-state index in [1.54, 1.807) is 0 Å². The van der Waals surface area contributed by atoms with Crippen LogP contribution in [-0.2, 0) is 0 Å². The number of nitrogens with two attached hydrogens (primary N) is 1. The maximum Gasteiger partial charge on any atom is 0.0367 e. The molecule has 0 aliphatic heterocycles. The Morgan fingerprint density at radius 1 is 1.29 bits per heavy atom. The van der Waals surface area contributed by atoms with Crippen molar-refractivity contribution in [2.75, 3.05) is 17.7 Å². The highest BCUT2D eigenvalue weighted by molar-refractivity contribution is 5.53. The Balaban J connectivity index is 2.09. The Labute approximate surface area is 85.7 Å². The molecule has 2 N–H and O–H groups in total. The van der Waals surface area contributed by atoms with E-state index >= 15 is 0 Å². The van der Waals surface area contributed by atoms with Crippen molar-refractivity contribution < 1.29 is 0 Å². The van der Waals surface area contributed by atoms with Gasteiger partial charge in [-0.2, -0.15) is 0 Å². The molecule has 0 aromatic heterocycles. The van der Waals surface area contributed by atoms with Crippen LogP contribution in [0.2, 0.25) is 0 Å². The Morgan fingerprint density at radius 2 is 1.86 bits per heavy atom. The SMILES string of the molecule is CC(C1CC1)N(C)c1ccc(N)cc1. The van der Waals surface area contributed by atoms with Crippen LogP contribution in [0.4, 0.5) is 11.4 Å². The van der Waals surface area contributed by atoms with Crippen LogP contribution in [0.25, 0.3) is 0 Å². The van der Waals surface area contributed by atoms with Crippen molar-refractivity contribution in [3.05, 3.63) is 24.3 Å². The highest BCUT2D eigenvalue weighted by Gasteiger charge is 2.30. The van der Waals surface area contributed by atoms with Crippen molar-refractivity contribution in [2.45, 2.75) is 25.8 Å². The molecular weight excluding hydrogens is 172 g/mol. The van der Waals surface area contributed by atoms with E-state index < -0.39 is 0 Å². The van der Waals surface area contributed by atoms with Gasteiger partial charge in [-0.3, -0.25) is 0 Å². The molecule has 76 valence electrons. The molecule has 2 rings (SSSR count). The average Bonchev–Trinajstić information content (AvgIpc) is 3.00. The molecule has 14 heavy (non-hydrogen) atoms. The summed E-state index contributed by atoms with van der Waals surface area (Å²) >= 11 is 0. The largest absolute Gasteiger partial charge is 0.399 e. The van der Waals surface area contributed by atoms with Crippen LogP contribution >= 0.6 is 0 Å². The lowest BCUT2D eigenvalue weighted by molar-refractivity contribution is 0.609. The summed E-state index contributed by atoms with van der Waals surface area (Å²) in [4.78, 5) is 2.34. The highest BCUT2D eigenvalue weighted by atomic mass is 15.1. The average molecular weight is 190 g/mol. The Kier molecular flexibility index (Phi) is 2.36. The molecule has 2 nitrogen and oxygen atoms in total. The van der Waals surface area contributed by atoms with Crippen LogP contribution in [0.15, 0.2) is 24.3 Å². The summed E-state index contributed by atoms with van der Waals surface area (Å²) in [5.41, 5.74) is 7.75. The summed E-state index contributed by atoms with van der Waals surface area (Å²) in [7, 11) is 2.16. The summed E-state index contributed by atoms with van der Waals surface area (Å²) < 4.78 is 0. The molecule has 1 aromatic rings. The van der Waals surface area contributed by atoms with Crippen LogP contribution in [0, 0.1) is 5.92 Å². The van der Waals surface area contributed by atoms with E-state index in [-0.39, 0.29) is 0 Å². The van der Waals surface area contributed by atoms with Crippen molar-refractivity contribution in [1.29, 1.82) is 0 Å². The lowest BCUT2D eigenvalue weighted by Crippen LogP contribution is -2.30. The summed E-state index contributed by atoms with van der Waals surface area (Å²) in [6.45, 7) is 2.30. The molecular formula is C12H18N2. The summed E-state index contributed by atoms with van der Waals surface area (Å²) in [5.74, 6) is 0.901. The molecule has 0 saturated heterocycles. The van der Waals surface area contributed by atoms with Crippen LogP contribution in [0.3, 0.4) is 0 Å². The third-order valence-electron chi connectivity index (χ3n) is 3.22. The van der Waals surface area contributed by atoms with Crippen LogP contribution in [0.1, 0.15) is 19.8 Å². The summed E-state index contributed by atoms with van der Waals surface area (Å²) in [6.07, 6.45) is 2.78. The third-order valence-corrected chi connectivity index (χ3v) is 3.22. The molecule has 0 bridgehead atoms. The van der Waals surface area contributed by atoms with E-state index in [0.29, 0.717) is 6.04 Å². The number of anilines is 2. The Hall–Kier alpha value is -1.18. The van der Waals surface area contributed by atoms with Crippen molar-refractivity contribution in [1.82, 2.24) is 0 Å². The fraction of sp³-hybridized carbons (Fsp3) is 0.500. The fourth-order valence-corrected chi connectivity index (χ4v) is 1.84. The maximum atomic E-state index is 5.66. The maximum absolute atomic E-state index is 5.66. The number of nitrogen functional groups attached to an aromatic ring is 1. The molecule has 1 fully saturated rings. The van der Waals surface area contributed by atoms with E-state index in [4.69, 9.17) is 5.73 Å². The lowest BCUT2D eigenvalue weighted by Gasteiger charge is -2.27. The van der Waals surface area contributed by atoms with Gasteiger partial charge < -0.3 is 10.6 Å². The first kappa shape index (κ1) is 9.38. The number of hydrogen-bond acceptors (Lipinski definition) is 2. The molecule has 0 amide bonds. The molecule has 1 aliphatic rings. The smallest absolute Gasteiger partial charge is 0.0367 e. The molecule has 0 spiro atoms. The van der Waals surface area contributed by atoms with Gasteiger partial charge in [0.05, 0.1) is 0 Å². The monoisotopic (exact) mass is 190 g/mol. The minimum absolute atomic E-state index is 0.652. The van der Waals surface area contributed by atoms with Gasteiger partial charge in [-0.1, -0.05) is 0 Å². The minimum Gasteiger partial charge on any atom is -0.399 e. The van der Waals surface area contributed by atoms with E-state index in [1.807, 2.05) is 12.1 Å². The molecule has 1 unspecified atom stereocenters. The van der Waals surface area contributed by atoms with Gasteiger partial charge in [0.15, 0.2) is 0 Å². The van der Waals surface area contributed by atoms with Gasteiger partial charge in [0, 0.05) is 24.5 Å². The van der Waals surface area contributed by atoms with Gasteiger partial charge in [0.2, 0.25) is 0 Å². The van der Waals surface area contributed by atoms with E-state index in [2.05, 4.69) is 31.0 Å². The van der Waals surface area contributed by atoms with Gasteiger partial charge in [0.1, 0.15) is 0 Å². The van der Waals surface area contributed by atoms with Crippen LogP contribution in [-0.4, -0.2) is 13.1 Å². The summed E-state index contributed by atoms with van der Waals surface area (Å²) in [6, 6.07) is 8.76. The number of hydrogen-bond donors (Lipinski definition) is 1. The van der Waals surface area contributed by atoms with Crippen molar-refractivity contribution in [2.24, 2.45) is 5.92 Å². The second-order valence-corrected chi connectivity index (χ2v) is 4.28. The van der Waals surface area contributed by atoms with Gasteiger partial charge in [-0.15, -0.1) is 0 Å². The fourth-order valence-electron chi connectivity index (χ4n) is 1.84. The van der Waals surface area contributed by atoms with Gasteiger partial charge >= 0.3 is 0 Å². The van der Waals surface area contributed by atoms with E-state index in [1.165, 1.54) is 18.5 Å². The quantitative estimate of drug-likeness (QED) is 0.742. The normalized spacial score (nSPS) is 17.9. The molecule has 1 aliphatic carbocycles. The van der Waals surface area contributed by atoms with Crippen molar-refractivity contribution in [3.63, 3.8) is 0 Å². The van der Waals surface area contributed by atoms with Gasteiger partial charge in [-0.25, -0.2) is 0 Å². The highest BCUT2D eigenvalue weighted by Crippen LogP contribution is 2.36. The first-order chi connectivity index (χ1) is 6.68. The van der Waals surface area contributed by atoms with E-state index in [9.17, 15) is 0 Å². The molecule has 0 heterocycles. The van der Waals surface area contributed by atoms with E-state index in [0.717, 1.165) is 11.6 Å². The Bertz CT molecular complexity index is 301. The summed E-state index contributed by atoms with van der Waals surface area (Å²) in [5, 5.41) is 0. The first-order valence-corrected chi connectivity index (χ1v) is 5.27. The molecule has 0 radical (unpaired) electrons. The van der Waals surface area contributed by atoms with Crippen molar-refractivity contribution >= 4 is 11.4 Å². The van der Waals surface area contributed by atoms with Crippen LogP contribution in [0.5, 0.6) is 0 Å². The second-order valence-electron chi connectivity index (χ2n) is 4.28. The zero-order valence-electron chi connectivity index (χ0n) is 8.90. The third kappa shape index (κ3) is 1.84. The number of benzene rings is 1. The predicted molar refractivity (Wildman–Crippen MR) is 61.4 cm³/mol. The molecule has 1 atom stereocenters. The molecule has 1 saturated carbocycles. The Morgan fingerprint density at radius 3 is 2.36 bits per heavy atom. The molecule has 2 heteroatoms. The van der Waals surface area contributed by atoms with Gasteiger partial charge in [-0.05, 0) is 49.9 Å². The number of nitrogens with zero attached hydrogens (tertiary/aromatic N) is 1.